The van der Waals surface area contributed by atoms with Crippen LogP contribution in [0.4, 0.5) is 18.9 Å². The summed E-state index contributed by atoms with van der Waals surface area (Å²) in [6.45, 7) is 0. The Morgan fingerprint density at radius 2 is 2.04 bits per heavy atom. The SMILES string of the molecule is COc1ccc(F)cc1.NSc1cc(NC(=O)C2CCCC(F)(F)C2)ccn1. The van der Waals surface area contributed by atoms with Gasteiger partial charge in [0.25, 0.3) is 0 Å². The van der Waals surface area contributed by atoms with E-state index in [1.54, 1.807) is 31.4 Å². The number of nitrogens with one attached hydrogen (secondary N) is 1. The van der Waals surface area contributed by atoms with Crippen LogP contribution in [0.25, 0.3) is 0 Å². The highest BCUT2D eigenvalue weighted by Crippen LogP contribution is 2.37. The molecule has 28 heavy (non-hydrogen) atoms. The maximum absolute atomic E-state index is 13.3. The molecule has 9 heteroatoms. The van der Waals surface area contributed by atoms with Gasteiger partial charge in [-0.05, 0) is 61.2 Å². The first-order valence-corrected chi connectivity index (χ1v) is 9.52. The number of methoxy groups -OCH3 is 1. The minimum absolute atomic E-state index is 0.125. The highest BCUT2D eigenvalue weighted by atomic mass is 32.2. The van der Waals surface area contributed by atoms with E-state index in [-0.39, 0.29) is 24.6 Å². The van der Waals surface area contributed by atoms with Gasteiger partial charge in [-0.2, -0.15) is 0 Å². The highest BCUT2D eigenvalue weighted by molar-refractivity contribution is 7.97. The molecule has 152 valence electrons. The lowest BCUT2D eigenvalue weighted by atomic mass is 9.86. The molecule has 1 aromatic heterocycles. The number of amides is 1. The zero-order valence-corrected chi connectivity index (χ0v) is 16.1. The topological polar surface area (TPSA) is 77.2 Å². The number of halogens is 3. The van der Waals surface area contributed by atoms with Gasteiger partial charge in [-0.1, -0.05) is 0 Å². The largest absolute Gasteiger partial charge is 0.497 e. The summed E-state index contributed by atoms with van der Waals surface area (Å²) in [6, 6.07) is 9.10. The summed E-state index contributed by atoms with van der Waals surface area (Å²) < 4.78 is 43.5. The number of nitrogens with two attached hydrogens (primary N) is 1. The van der Waals surface area contributed by atoms with Crippen molar-refractivity contribution in [1.29, 1.82) is 0 Å². The van der Waals surface area contributed by atoms with Crippen LogP contribution in [-0.2, 0) is 4.79 Å². The van der Waals surface area contributed by atoms with E-state index in [2.05, 4.69) is 10.3 Å². The van der Waals surface area contributed by atoms with E-state index in [0.717, 1.165) is 11.9 Å². The molecule has 0 spiro atoms. The van der Waals surface area contributed by atoms with Gasteiger partial charge in [-0.15, -0.1) is 0 Å². The molecule has 0 bridgehead atoms. The minimum atomic E-state index is -2.73. The Balaban J connectivity index is 0.000000261. The Morgan fingerprint density at radius 1 is 1.32 bits per heavy atom. The van der Waals surface area contributed by atoms with E-state index >= 15 is 0 Å². The molecule has 1 aromatic carbocycles. The Bertz CT molecular complexity index is 775. The molecule has 1 fully saturated rings. The van der Waals surface area contributed by atoms with Crippen LogP contribution in [0.1, 0.15) is 25.7 Å². The number of alkyl halides is 2. The molecule has 1 amide bonds. The lowest BCUT2D eigenvalue weighted by Crippen LogP contribution is -2.33. The summed E-state index contributed by atoms with van der Waals surface area (Å²) >= 11 is 0.963. The Kier molecular flexibility index (Phi) is 8.13. The second-order valence-corrected chi connectivity index (χ2v) is 6.95. The molecule has 0 radical (unpaired) electrons. The molecule has 3 N–H and O–H groups in total. The molecule has 3 rings (SSSR count). The Morgan fingerprint density at radius 3 is 2.64 bits per heavy atom. The van der Waals surface area contributed by atoms with Crippen molar-refractivity contribution in [3.63, 3.8) is 0 Å². The van der Waals surface area contributed by atoms with Crippen molar-refractivity contribution < 1.29 is 22.7 Å². The quantitative estimate of drug-likeness (QED) is 0.714. The van der Waals surface area contributed by atoms with Crippen molar-refractivity contribution >= 4 is 23.5 Å². The maximum atomic E-state index is 13.3. The number of benzene rings is 1. The molecular weight excluding hydrogens is 391 g/mol. The summed E-state index contributed by atoms with van der Waals surface area (Å²) in [7, 11) is 1.55. The zero-order valence-electron chi connectivity index (χ0n) is 15.3. The standard InChI is InChI=1S/C12H15F2N3OS.C7H7FO/c13-12(14)4-1-2-8(7-12)11(18)17-9-3-5-16-10(6-9)19-15;1-9-7-4-2-6(8)3-5-7/h3,5-6,8H,1-2,4,7,15H2,(H,16,17,18);2-5H,1H3. The van der Waals surface area contributed by atoms with E-state index < -0.39 is 11.8 Å². The van der Waals surface area contributed by atoms with Crippen LogP contribution in [0.2, 0.25) is 0 Å². The van der Waals surface area contributed by atoms with Gasteiger partial charge >= 0.3 is 0 Å². The first-order chi connectivity index (χ1) is 13.3. The number of pyridine rings is 1. The second-order valence-electron chi connectivity index (χ2n) is 6.30. The molecule has 1 atom stereocenters. The van der Waals surface area contributed by atoms with Gasteiger partial charge in [0.05, 0.1) is 7.11 Å². The van der Waals surface area contributed by atoms with Crippen molar-refractivity contribution in [2.24, 2.45) is 11.1 Å². The van der Waals surface area contributed by atoms with Crippen molar-refractivity contribution in [1.82, 2.24) is 4.98 Å². The van der Waals surface area contributed by atoms with Crippen LogP contribution >= 0.6 is 11.9 Å². The number of anilines is 1. The van der Waals surface area contributed by atoms with Crippen molar-refractivity contribution in [2.45, 2.75) is 36.6 Å². The van der Waals surface area contributed by atoms with Gasteiger partial charge in [0.15, 0.2) is 0 Å². The summed E-state index contributed by atoms with van der Waals surface area (Å²) in [4.78, 5) is 15.9. The third kappa shape index (κ3) is 7.05. The molecule has 0 saturated heterocycles. The number of rotatable bonds is 4. The van der Waals surface area contributed by atoms with E-state index in [0.29, 0.717) is 29.3 Å². The first-order valence-electron chi connectivity index (χ1n) is 8.64. The highest BCUT2D eigenvalue weighted by Gasteiger charge is 2.39. The lowest BCUT2D eigenvalue weighted by Gasteiger charge is -2.27. The predicted octanol–water partition coefficient (Wildman–Crippen LogP) is 4.65. The van der Waals surface area contributed by atoms with Crippen LogP contribution in [0.15, 0.2) is 47.6 Å². The average molecular weight is 413 g/mol. The van der Waals surface area contributed by atoms with Gasteiger partial charge in [0, 0.05) is 30.6 Å². The molecule has 2 aromatic rings. The van der Waals surface area contributed by atoms with Gasteiger partial charge in [0.2, 0.25) is 11.8 Å². The van der Waals surface area contributed by atoms with Crippen molar-refractivity contribution in [3.05, 3.63) is 48.4 Å². The van der Waals surface area contributed by atoms with Crippen molar-refractivity contribution in [3.8, 4) is 5.75 Å². The smallest absolute Gasteiger partial charge is 0.248 e. The van der Waals surface area contributed by atoms with E-state index in [4.69, 9.17) is 9.88 Å². The molecular formula is C19H22F3N3O2S. The van der Waals surface area contributed by atoms with Gasteiger partial charge in [0.1, 0.15) is 16.6 Å². The summed E-state index contributed by atoms with van der Waals surface area (Å²) in [5.41, 5.74) is 0.529. The van der Waals surface area contributed by atoms with Crippen LogP contribution in [0.3, 0.4) is 0 Å². The summed E-state index contributed by atoms with van der Waals surface area (Å²) in [5, 5.41) is 8.57. The molecule has 0 aliphatic heterocycles. The van der Waals surface area contributed by atoms with Gasteiger partial charge in [-0.3, -0.25) is 9.93 Å². The average Bonchev–Trinajstić information content (AvgIpc) is 2.68. The van der Waals surface area contributed by atoms with Crippen LogP contribution in [-0.4, -0.2) is 23.9 Å². The van der Waals surface area contributed by atoms with E-state index in [1.807, 2.05) is 0 Å². The third-order valence-corrected chi connectivity index (χ3v) is 4.65. The van der Waals surface area contributed by atoms with Crippen LogP contribution in [0.5, 0.6) is 5.75 Å². The van der Waals surface area contributed by atoms with Crippen LogP contribution in [0, 0.1) is 11.7 Å². The fourth-order valence-corrected chi connectivity index (χ4v) is 3.08. The molecule has 1 saturated carbocycles. The first kappa shape index (κ1) is 22.0. The predicted molar refractivity (Wildman–Crippen MR) is 103 cm³/mol. The monoisotopic (exact) mass is 413 g/mol. The van der Waals surface area contributed by atoms with Crippen molar-refractivity contribution in [2.75, 3.05) is 12.4 Å². The molecule has 5 nitrogen and oxygen atoms in total. The number of ether oxygens (including phenoxy) is 1. The Labute approximate surface area is 166 Å². The zero-order chi connectivity index (χ0) is 20.6. The normalized spacial score (nSPS) is 17.8. The van der Waals surface area contributed by atoms with Gasteiger partial charge < -0.3 is 10.1 Å². The maximum Gasteiger partial charge on any atom is 0.248 e. The number of carbonyl (C=O) groups excluding carboxylic acids is 1. The number of aromatic nitrogens is 1. The second kappa shape index (κ2) is 10.3. The number of nitrogens with zero attached hydrogens (tertiary/aromatic N) is 1. The fraction of sp³-hybridized carbons (Fsp3) is 0.368. The molecule has 1 heterocycles. The fourth-order valence-electron chi connectivity index (χ4n) is 2.76. The number of carbonyl (C=O) groups is 1. The third-order valence-electron chi connectivity index (χ3n) is 4.18. The summed E-state index contributed by atoms with van der Waals surface area (Å²) in [6.07, 6.45) is 1.90. The van der Waals surface area contributed by atoms with Gasteiger partial charge in [-0.25, -0.2) is 18.2 Å². The lowest BCUT2D eigenvalue weighted by molar-refractivity contribution is -0.127. The number of hydrogen-bond acceptors (Lipinski definition) is 5. The minimum Gasteiger partial charge on any atom is -0.497 e. The molecule has 1 aliphatic rings. The summed E-state index contributed by atoms with van der Waals surface area (Å²) in [5.74, 6) is -3.28. The number of hydrogen-bond donors (Lipinski definition) is 2. The van der Waals surface area contributed by atoms with E-state index in [1.165, 1.54) is 18.3 Å². The molecule has 1 aliphatic carbocycles. The Hall–Kier alpha value is -2.26. The molecule has 1 unspecified atom stereocenters. The van der Waals surface area contributed by atoms with Crippen LogP contribution < -0.4 is 15.2 Å². The van der Waals surface area contributed by atoms with E-state index in [9.17, 15) is 18.0 Å².